The number of anilines is 1. The average Bonchev–Trinajstić information content (AvgIpc) is 2.87. The van der Waals surface area contributed by atoms with Gasteiger partial charge in [-0.05, 0) is 26.3 Å². The molecule has 1 amide bonds. The van der Waals surface area contributed by atoms with Crippen molar-refractivity contribution in [2.75, 3.05) is 11.9 Å². The topological polar surface area (TPSA) is 96.3 Å². The molecule has 98 valence electrons. The Hall–Kier alpha value is -1.89. The third-order valence-electron chi connectivity index (χ3n) is 3.05. The van der Waals surface area contributed by atoms with E-state index in [-0.39, 0.29) is 23.3 Å². The molecule has 0 bridgehead atoms. The number of hydrogen-bond acceptors (Lipinski definition) is 4. The number of nitrogens with one attached hydrogen (secondary N) is 2. The molecule has 0 radical (unpaired) electrons. The molecular formula is C11H16N4O3. The van der Waals surface area contributed by atoms with Crippen LogP contribution in [0.1, 0.15) is 28.9 Å². The molecule has 1 saturated heterocycles. The molecule has 1 unspecified atom stereocenters. The van der Waals surface area contributed by atoms with Crippen molar-refractivity contribution >= 4 is 17.7 Å². The zero-order chi connectivity index (χ0) is 13.3. The van der Waals surface area contributed by atoms with E-state index < -0.39 is 5.97 Å². The van der Waals surface area contributed by atoms with Crippen LogP contribution in [0.5, 0.6) is 0 Å². The Morgan fingerprint density at radius 1 is 1.56 bits per heavy atom. The van der Waals surface area contributed by atoms with Crippen molar-refractivity contribution in [3.05, 3.63) is 11.3 Å². The first kappa shape index (κ1) is 12.6. The molecule has 0 saturated carbocycles. The standard InChI is InChI=1S/C11H16N4O3/c1-6-8(11(17)18)9(15(2)14-6)13-10(16)7-4-3-5-12-7/h7,12H,3-5H2,1-2H3,(H,13,16)(H,17,18). The zero-order valence-corrected chi connectivity index (χ0v) is 10.4. The Bertz CT molecular complexity index is 489. The van der Waals surface area contributed by atoms with Gasteiger partial charge in [-0.3, -0.25) is 9.48 Å². The lowest BCUT2D eigenvalue weighted by Crippen LogP contribution is -2.36. The van der Waals surface area contributed by atoms with E-state index in [1.54, 1.807) is 14.0 Å². The molecular weight excluding hydrogens is 236 g/mol. The van der Waals surface area contributed by atoms with Gasteiger partial charge in [0.05, 0.1) is 11.7 Å². The van der Waals surface area contributed by atoms with Gasteiger partial charge >= 0.3 is 5.97 Å². The highest BCUT2D eigenvalue weighted by Gasteiger charge is 2.26. The van der Waals surface area contributed by atoms with Crippen LogP contribution in [0.4, 0.5) is 5.82 Å². The fourth-order valence-electron chi connectivity index (χ4n) is 2.17. The van der Waals surface area contributed by atoms with Gasteiger partial charge in [0.1, 0.15) is 11.4 Å². The van der Waals surface area contributed by atoms with Crippen molar-refractivity contribution in [1.82, 2.24) is 15.1 Å². The fourth-order valence-corrected chi connectivity index (χ4v) is 2.17. The van der Waals surface area contributed by atoms with Crippen molar-refractivity contribution in [2.24, 2.45) is 7.05 Å². The van der Waals surface area contributed by atoms with Crippen LogP contribution in [0.2, 0.25) is 0 Å². The van der Waals surface area contributed by atoms with Gasteiger partial charge < -0.3 is 15.7 Å². The van der Waals surface area contributed by atoms with E-state index in [4.69, 9.17) is 5.11 Å². The van der Waals surface area contributed by atoms with Gasteiger partial charge in [-0.25, -0.2) is 4.79 Å². The predicted molar refractivity (Wildman–Crippen MR) is 64.6 cm³/mol. The van der Waals surface area contributed by atoms with Crippen LogP contribution < -0.4 is 10.6 Å². The molecule has 0 spiro atoms. The molecule has 1 aromatic heterocycles. The van der Waals surface area contributed by atoms with Gasteiger partial charge in [-0.2, -0.15) is 5.10 Å². The van der Waals surface area contributed by atoms with Crippen molar-refractivity contribution in [2.45, 2.75) is 25.8 Å². The molecule has 1 atom stereocenters. The second-order valence-electron chi connectivity index (χ2n) is 4.38. The van der Waals surface area contributed by atoms with E-state index in [1.807, 2.05) is 0 Å². The van der Waals surface area contributed by atoms with Crippen LogP contribution in [0, 0.1) is 6.92 Å². The van der Waals surface area contributed by atoms with Crippen LogP contribution >= 0.6 is 0 Å². The minimum absolute atomic E-state index is 0.0452. The summed E-state index contributed by atoms with van der Waals surface area (Å²) in [6.07, 6.45) is 1.72. The van der Waals surface area contributed by atoms with E-state index in [1.165, 1.54) is 4.68 Å². The monoisotopic (exact) mass is 252 g/mol. The van der Waals surface area contributed by atoms with E-state index >= 15 is 0 Å². The summed E-state index contributed by atoms with van der Waals surface area (Å²) in [6.45, 7) is 2.42. The maximum Gasteiger partial charge on any atom is 0.341 e. The third-order valence-corrected chi connectivity index (χ3v) is 3.05. The molecule has 18 heavy (non-hydrogen) atoms. The van der Waals surface area contributed by atoms with Gasteiger partial charge in [-0.1, -0.05) is 0 Å². The Kier molecular flexibility index (Phi) is 3.33. The highest BCUT2D eigenvalue weighted by molar-refractivity contribution is 6.01. The molecule has 1 fully saturated rings. The zero-order valence-electron chi connectivity index (χ0n) is 10.4. The number of nitrogens with zero attached hydrogens (tertiary/aromatic N) is 2. The second kappa shape index (κ2) is 4.77. The number of hydrogen-bond donors (Lipinski definition) is 3. The summed E-state index contributed by atoms with van der Waals surface area (Å²) in [5, 5.41) is 18.8. The highest BCUT2D eigenvalue weighted by atomic mass is 16.4. The Morgan fingerprint density at radius 2 is 2.28 bits per heavy atom. The lowest BCUT2D eigenvalue weighted by molar-refractivity contribution is -0.117. The van der Waals surface area contributed by atoms with Crippen molar-refractivity contribution in [1.29, 1.82) is 0 Å². The van der Waals surface area contributed by atoms with Gasteiger partial charge in [0, 0.05) is 7.05 Å². The number of rotatable bonds is 3. The first-order valence-corrected chi connectivity index (χ1v) is 5.82. The second-order valence-corrected chi connectivity index (χ2v) is 4.38. The lowest BCUT2D eigenvalue weighted by atomic mass is 10.2. The molecule has 3 N–H and O–H groups in total. The van der Waals surface area contributed by atoms with Crippen LogP contribution in [0.25, 0.3) is 0 Å². The number of carboxylic acids is 1. The lowest BCUT2D eigenvalue weighted by Gasteiger charge is -2.11. The van der Waals surface area contributed by atoms with E-state index in [2.05, 4.69) is 15.7 Å². The SMILES string of the molecule is Cc1nn(C)c(NC(=O)C2CCCN2)c1C(=O)O. The molecule has 2 heterocycles. The minimum atomic E-state index is -1.09. The number of amides is 1. The van der Waals surface area contributed by atoms with Gasteiger partial charge in [0.15, 0.2) is 0 Å². The molecule has 7 heteroatoms. The van der Waals surface area contributed by atoms with Crippen LogP contribution in [-0.2, 0) is 11.8 Å². The number of aryl methyl sites for hydroxylation is 2. The maximum atomic E-state index is 11.9. The van der Waals surface area contributed by atoms with Crippen molar-refractivity contribution in [3.8, 4) is 0 Å². The van der Waals surface area contributed by atoms with Crippen molar-refractivity contribution < 1.29 is 14.7 Å². The number of carbonyl (C=O) groups is 2. The van der Waals surface area contributed by atoms with Crippen LogP contribution in [0.3, 0.4) is 0 Å². The third kappa shape index (κ3) is 2.21. The number of carbonyl (C=O) groups excluding carboxylic acids is 1. The van der Waals surface area contributed by atoms with Gasteiger partial charge in [-0.15, -0.1) is 0 Å². The van der Waals surface area contributed by atoms with Crippen LogP contribution in [0.15, 0.2) is 0 Å². The number of aromatic carboxylic acids is 1. The van der Waals surface area contributed by atoms with E-state index in [9.17, 15) is 9.59 Å². The Balaban J connectivity index is 2.22. The normalized spacial score (nSPS) is 18.9. The van der Waals surface area contributed by atoms with Gasteiger partial charge in [0.2, 0.25) is 5.91 Å². The summed E-state index contributed by atoms with van der Waals surface area (Å²) >= 11 is 0. The highest BCUT2D eigenvalue weighted by Crippen LogP contribution is 2.19. The van der Waals surface area contributed by atoms with E-state index in [0.717, 1.165) is 19.4 Å². The Labute approximate surface area is 104 Å². The number of carboxylic acid groups (broad SMARTS) is 1. The minimum Gasteiger partial charge on any atom is -0.477 e. The smallest absolute Gasteiger partial charge is 0.341 e. The largest absolute Gasteiger partial charge is 0.477 e. The molecule has 7 nitrogen and oxygen atoms in total. The maximum absolute atomic E-state index is 11.9. The first-order valence-electron chi connectivity index (χ1n) is 5.82. The molecule has 1 aromatic rings. The van der Waals surface area contributed by atoms with Crippen molar-refractivity contribution in [3.63, 3.8) is 0 Å². The summed E-state index contributed by atoms with van der Waals surface area (Å²) < 4.78 is 1.38. The molecule has 1 aliphatic rings. The summed E-state index contributed by atoms with van der Waals surface area (Å²) in [4.78, 5) is 23.1. The quantitative estimate of drug-likeness (QED) is 0.710. The van der Waals surface area contributed by atoms with Crippen LogP contribution in [-0.4, -0.2) is 39.4 Å². The van der Waals surface area contributed by atoms with Gasteiger partial charge in [0.25, 0.3) is 0 Å². The average molecular weight is 252 g/mol. The fraction of sp³-hybridized carbons (Fsp3) is 0.545. The Morgan fingerprint density at radius 3 is 2.83 bits per heavy atom. The summed E-state index contributed by atoms with van der Waals surface area (Å²) in [5.74, 6) is -1.06. The molecule has 0 aliphatic carbocycles. The molecule has 0 aromatic carbocycles. The molecule has 1 aliphatic heterocycles. The first-order chi connectivity index (χ1) is 8.50. The van der Waals surface area contributed by atoms with E-state index in [0.29, 0.717) is 5.69 Å². The predicted octanol–water partition coefficient (Wildman–Crippen LogP) is 0.117. The summed E-state index contributed by atoms with van der Waals surface area (Å²) in [5.41, 5.74) is 0.434. The number of aromatic nitrogens is 2. The summed E-state index contributed by atoms with van der Waals surface area (Å²) in [7, 11) is 1.61. The molecule has 2 rings (SSSR count). The summed E-state index contributed by atoms with van der Waals surface area (Å²) in [6, 6.07) is -0.248.